The van der Waals surface area contributed by atoms with E-state index in [2.05, 4.69) is 64.6 Å². The van der Waals surface area contributed by atoms with Crippen molar-refractivity contribution >= 4 is 16.8 Å². The molecule has 88 valence electrons. The maximum Gasteiger partial charge on any atom is 0.0923 e. The van der Waals surface area contributed by atoms with Crippen molar-refractivity contribution in [3.63, 3.8) is 0 Å². The zero-order valence-corrected chi connectivity index (χ0v) is 10.0. The predicted octanol–water partition coefficient (Wildman–Crippen LogP) is 3.82. The second kappa shape index (κ2) is 4.88. The molecular formula is C16H14N2. The lowest BCUT2D eigenvalue weighted by molar-refractivity contribution is 1.16. The molecule has 0 spiro atoms. The summed E-state index contributed by atoms with van der Waals surface area (Å²) in [4.78, 5) is 7.15. The number of nitrogens with zero attached hydrogens (tertiary/aromatic N) is 1. The molecule has 0 radical (unpaired) electrons. The molecule has 0 unspecified atom stereocenters. The van der Waals surface area contributed by atoms with Gasteiger partial charge >= 0.3 is 0 Å². The zero-order valence-electron chi connectivity index (χ0n) is 10.0. The Balaban J connectivity index is 1.80. The van der Waals surface area contributed by atoms with E-state index < -0.39 is 0 Å². The monoisotopic (exact) mass is 234 g/mol. The summed E-state index contributed by atoms with van der Waals surface area (Å²) < 4.78 is 0. The average Bonchev–Trinajstić information content (AvgIpc) is 2.92. The number of fused-ring (bicyclic) bond motifs is 1. The molecule has 18 heavy (non-hydrogen) atoms. The summed E-state index contributed by atoms with van der Waals surface area (Å²) >= 11 is 0. The van der Waals surface area contributed by atoms with Crippen molar-refractivity contribution in [3.8, 4) is 0 Å². The van der Waals surface area contributed by atoms with E-state index in [-0.39, 0.29) is 0 Å². The third kappa shape index (κ3) is 2.33. The van der Waals surface area contributed by atoms with Crippen molar-refractivity contribution in [3.05, 3.63) is 72.3 Å². The van der Waals surface area contributed by atoms with Crippen LogP contribution < -0.4 is 0 Å². The van der Waals surface area contributed by atoms with Crippen LogP contribution in [-0.4, -0.2) is 9.97 Å². The second-order valence-electron chi connectivity index (χ2n) is 4.27. The SMILES string of the molecule is C(=Cc1ccc2ccccc2c1)Cc1c[nH]cn1. The molecule has 0 aliphatic rings. The first kappa shape index (κ1) is 10.8. The van der Waals surface area contributed by atoms with E-state index in [4.69, 9.17) is 0 Å². The van der Waals surface area contributed by atoms with E-state index >= 15 is 0 Å². The number of nitrogens with one attached hydrogen (secondary N) is 1. The lowest BCUT2D eigenvalue weighted by atomic mass is 10.1. The highest BCUT2D eigenvalue weighted by Crippen LogP contribution is 2.16. The lowest BCUT2D eigenvalue weighted by Gasteiger charge is -1.98. The minimum atomic E-state index is 0.857. The molecule has 3 aromatic rings. The Bertz CT molecular complexity index is 666. The van der Waals surface area contributed by atoms with E-state index in [1.165, 1.54) is 16.3 Å². The van der Waals surface area contributed by atoms with Crippen molar-refractivity contribution in [1.82, 2.24) is 9.97 Å². The smallest absolute Gasteiger partial charge is 0.0923 e. The summed E-state index contributed by atoms with van der Waals surface area (Å²) in [7, 11) is 0. The Hall–Kier alpha value is -2.35. The summed E-state index contributed by atoms with van der Waals surface area (Å²) in [6.45, 7) is 0. The summed E-state index contributed by atoms with van der Waals surface area (Å²) in [5.74, 6) is 0. The van der Waals surface area contributed by atoms with Crippen molar-refractivity contribution < 1.29 is 0 Å². The molecule has 1 aromatic heterocycles. The predicted molar refractivity (Wildman–Crippen MR) is 75.3 cm³/mol. The van der Waals surface area contributed by atoms with Crippen LogP contribution in [0.25, 0.3) is 16.8 Å². The Morgan fingerprint density at radius 3 is 2.78 bits per heavy atom. The van der Waals surface area contributed by atoms with Crippen LogP contribution in [0.2, 0.25) is 0 Å². The quantitative estimate of drug-likeness (QED) is 0.733. The van der Waals surface area contributed by atoms with Gasteiger partial charge in [0.25, 0.3) is 0 Å². The molecule has 1 heterocycles. The number of imidazole rings is 1. The highest BCUT2D eigenvalue weighted by atomic mass is 14.8. The standard InChI is InChI=1S/C16H14N2/c1-2-6-15-10-13(8-9-14(15)5-1)4-3-7-16-11-17-12-18-16/h1-6,8-12H,7H2,(H,17,18). The van der Waals surface area contributed by atoms with Gasteiger partial charge in [-0.25, -0.2) is 4.98 Å². The van der Waals surface area contributed by atoms with Crippen molar-refractivity contribution in [1.29, 1.82) is 0 Å². The van der Waals surface area contributed by atoms with Gasteiger partial charge in [0.1, 0.15) is 0 Å². The third-order valence-electron chi connectivity index (χ3n) is 2.97. The molecule has 2 aromatic carbocycles. The van der Waals surface area contributed by atoms with Crippen LogP contribution in [0.5, 0.6) is 0 Å². The Morgan fingerprint density at radius 1 is 1.06 bits per heavy atom. The van der Waals surface area contributed by atoms with Gasteiger partial charge in [-0.15, -0.1) is 0 Å². The molecule has 1 N–H and O–H groups in total. The van der Waals surface area contributed by atoms with Gasteiger partial charge < -0.3 is 4.98 Å². The first-order valence-corrected chi connectivity index (χ1v) is 6.05. The van der Waals surface area contributed by atoms with Gasteiger partial charge in [-0.1, -0.05) is 48.6 Å². The van der Waals surface area contributed by atoms with Crippen molar-refractivity contribution in [2.24, 2.45) is 0 Å². The minimum Gasteiger partial charge on any atom is -0.351 e. The molecule has 0 saturated heterocycles. The number of benzene rings is 2. The first-order valence-electron chi connectivity index (χ1n) is 6.05. The molecule has 0 bridgehead atoms. The van der Waals surface area contributed by atoms with E-state index in [9.17, 15) is 0 Å². The number of aromatic amines is 1. The number of rotatable bonds is 3. The molecule has 0 saturated carbocycles. The summed E-state index contributed by atoms with van der Waals surface area (Å²) in [5.41, 5.74) is 2.29. The molecule has 0 aliphatic heterocycles. The van der Waals surface area contributed by atoms with Gasteiger partial charge in [0, 0.05) is 12.6 Å². The number of H-pyrrole nitrogens is 1. The highest BCUT2D eigenvalue weighted by molar-refractivity contribution is 5.84. The fraction of sp³-hybridized carbons (Fsp3) is 0.0625. The summed E-state index contributed by atoms with van der Waals surface area (Å²) in [6.07, 6.45) is 8.77. The molecule has 2 nitrogen and oxygen atoms in total. The molecular weight excluding hydrogens is 220 g/mol. The van der Waals surface area contributed by atoms with E-state index in [1.807, 2.05) is 6.20 Å². The molecule has 2 heteroatoms. The van der Waals surface area contributed by atoms with Crippen LogP contribution >= 0.6 is 0 Å². The van der Waals surface area contributed by atoms with Crippen LogP contribution in [0.3, 0.4) is 0 Å². The first-order chi connectivity index (χ1) is 8.92. The molecule has 3 rings (SSSR count). The van der Waals surface area contributed by atoms with Gasteiger partial charge in [-0.2, -0.15) is 0 Å². The molecule has 0 atom stereocenters. The minimum absolute atomic E-state index is 0.857. The van der Waals surface area contributed by atoms with Crippen LogP contribution in [0.15, 0.2) is 61.1 Å². The fourth-order valence-electron chi connectivity index (χ4n) is 2.03. The van der Waals surface area contributed by atoms with Gasteiger partial charge in [0.2, 0.25) is 0 Å². The van der Waals surface area contributed by atoms with Gasteiger partial charge in [-0.3, -0.25) is 0 Å². The molecule has 0 fully saturated rings. The maximum absolute atomic E-state index is 4.19. The van der Waals surface area contributed by atoms with Gasteiger partial charge in [0.05, 0.1) is 12.0 Å². The number of aromatic nitrogens is 2. The van der Waals surface area contributed by atoms with Crippen molar-refractivity contribution in [2.75, 3.05) is 0 Å². The normalized spacial score (nSPS) is 11.3. The molecule has 0 amide bonds. The summed E-state index contributed by atoms with van der Waals surface area (Å²) in [5, 5.41) is 2.56. The zero-order chi connectivity index (χ0) is 12.2. The third-order valence-corrected chi connectivity index (χ3v) is 2.97. The second-order valence-corrected chi connectivity index (χ2v) is 4.27. The van der Waals surface area contributed by atoms with Crippen LogP contribution in [0.1, 0.15) is 11.3 Å². The Kier molecular flexibility index (Phi) is 2.92. The lowest BCUT2D eigenvalue weighted by Crippen LogP contribution is -1.79. The van der Waals surface area contributed by atoms with E-state index in [1.54, 1.807) is 6.33 Å². The number of hydrogen-bond acceptors (Lipinski definition) is 1. The Morgan fingerprint density at radius 2 is 1.94 bits per heavy atom. The average molecular weight is 234 g/mol. The number of allylic oxidation sites excluding steroid dienone is 1. The van der Waals surface area contributed by atoms with Crippen LogP contribution in [0, 0.1) is 0 Å². The summed E-state index contributed by atoms with van der Waals surface area (Å²) in [6, 6.07) is 14.9. The van der Waals surface area contributed by atoms with Gasteiger partial charge in [0.15, 0.2) is 0 Å². The van der Waals surface area contributed by atoms with E-state index in [0.29, 0.717) is 0 Å². The van der Waals surface area contributed by atoms with Crippen molar-refractivity contribution in [2.45, 2.75) is 6.42 Å². The largest absolute Gasteiger partial charge is 0.351 e. The molecule has 0 aliphatic carbocycles. The maximum atomic E-state index is 4.19. The highest BCUT2D eigenvalue weighted by Gasteiger charge is 1.93. The van der Waals surface area contributed by atoms with Crippen LogP contribution in [-0.2, 0) is 6.42 Å². The van der Waals surface area contributed by atoms with Crippen LogP contribution in [0.4, 0.5) is 0 Å². The fourth-order valence-corrected chi connectivity index (χ4v) is 2.03. The Labute approximate surface area is 106 Å². The number of hydrogen-bond donors (Lipinski definition) is 1. The van der Waals surface area contributed by atoms with Gasteiger partial charge in [-0.05, 0) is 22.4 Å². The topological polar surface area (TPSA) is 28.7 Å². The van der Waals surface area contributed by atoms with E-state index in [0.717, 1.165) is 12.1 Å².